The number of aryl methyl sites for hydroxylation is 2. The molecule has 0 fully saturated rings. The van der Waals surface area contributed by atoms with Gasteiger partial charge in [0.25, 0.3) is 0 Å². The van der Waals surface area contributed by atoms with Gasteiger partial charge in [0, 0.05) is 31.2 Å². The fraction of sp³-hybridized carbons (Fsp3) is 0.488. The van der Waals surface area contributed by atoms with Crippen LogP contribution >= 0.6 is 0 Å². The van der Waals surface area contributed by atoms with Gasteiger partial charge in [0.1, 0.15) is 23.0 Å². The molecular formula is C41H59IMgO4. The second-order valence-electron chi connectivity index (χ2n) is 12.4. The van der Waals surface area contributed by atoms with Gasteiger partial charge in [-0.1, -0.05) is 74.3 Å². The molecule has 0 amide bonds. The van der Waals surface area contributed by atoms with Crippen molar-refractivity contribution in [1.29, 1.82) is 0 Å². The number of hydrogen-bond donors (Lipinski definition) is 2. The quantitative estimate of drug-likeness (QED) is 0.112. The van der Waals surface area contributed by atoms with Crippen LogP contribution in [0.5, 0.6) is 23.0 Å². The van der Waals surface area contributed by atoms with Crippen LogP contribution in [0.2, 0.25) is 0 Å². The molecule has 2 aromatic rings. The van der Waals surface area contributed by atoms with Crippen LogP contribution in [-0.4, -0.2) is 47.5 Å². The van der Waals surface area contributed by atoms with Crippen molar-refractivity contribution in [3.05, 3.63) is 102 Å². The van der Waals surface area contributed by atoms with E-state index in [2.05, 4.69) is 33.1 Å². The number of ether oxygens (including phenoxy) is 2. The summed E-state index contributed by atoms with van der Waals surface area (Å²) in [5, 5.41) is 21.0. The zero-order valence-electron chi connectivity index (χ0n) is 35.6. The molecule has 0 saturated heterocycles. The molecule has 2 aliphatic carbocycles. The topological polar surface area (TPSA) is 58.9 Å². The van der Waals surface area contributed by atoms with E-state index in [1.165, 1.54) is 5.57 Å². The molecule has 4 nitrogen and oxygen atoms in total. The molecule has 6 heteroatoms. The van der Waals surface area contributed by atoms with E-state index >= 15 is 0 Å². The van der Waals surface area contributed by atoms with Gasteiger partial charge in [-0.25, -0.2) is 0 Å². The summed E-state index contributed by atoms with van der Waals surface area (Å²) >= 11 is 0. The minimum Gasteiger partial charge on any atom is -1.00 e. The maximum Gasteiger partial charge on any atom is 2.00 e. The molecule has 0 radical (unpaired) electrons. The first-order valence-corrected chi connectivity index (χ1v) is 15.9. The van der Waals surface area contributed by atoms with Crippen molar-refractivity contribution in [2.75, 3.05) is 14.2 Å². The van der Waals surface area contributed by atoms with Gasteiger partial charge >= 0.3 is 23.1 Å². The van der Waals surface area contributed by atoms with Crippen molar-refractivity contribution < 1.29 is 51.9 Å². The Morgan fingerprint density at radius 1 is 0.766 bits per heavy atom. The van der Waals surface area contributed by atoms with E-state index in [1.54, 1.807) is 26.4 Å². The van der Waals surface area contributed by atoms with Crippen molar-refractivity contribution in [3.8, 4) is 23.0 Å². The van der Waals surface area contributed by atoms with Crippen molar-refractivity contribution in [3.63, 3.8) is 0 Å². The average molecular weight is 773 g/mol. The van der Waals surface area contributed by atoms with E-state index in [1.807, 2.05) is 32.1 Å². The van der Waals surface area contributed by atoms with Crippen LogP contribution in [0.1, 0.15) is 122 Å². The second kappa shape index (κ2) is 21.2. The number of hydrogen-bond acceptors (Lipinski definition) is 4. The molecule has 2 aliphatic rings. The molecular weight excluding hydrogens is 708 g/mol. The number of phenols is 2. The Balaban J connectivity index is 0.000000968. The van der Waals surface area contributed by atoms with Gasteiger partial charge in [0.05, 0.1) is 14.2 Å². The normalized spacial score (nSPS) is 22.4. The molecule has 0 unspecified atom stereocenters. The van der Waals surface area contributed by atoms with E-state index in [9.17, 15) is 10.2 Å². The minimum absolute atomic E-state index is 0. The summed E-state index contributed by atoms with van der Waals surface area (Å²) in [5.74, 6) is 0.593. The molecule has 0 bridgehead atoms. The standard InChI is InChI=1S/C21H30O2.C19H26O2.CH3.HI.Mg/c1-7-8-16-12-19(22-5)21(20(13-16)23-6)18-11-15(4)9-10-17(18)14(2)3;1-5-6-14-10-17(20)19(18(21)11-14)16-9-13(4)7-8-15(16)12(2)3;;;/h11-13,17-18H,2,7-10H2,1,3-6H3;9-11,15-16,20-21H,2,5-8H2,1,3-4H3;1H3;1H;/q;;-1;;+2/p-1/t17-,18+;15-,16+;;;/m00.../s1/i2*3D3;;;. The monoisotopic (exact) mass is 772 g/mol. The molecule has 0 saturated carbocycles. The van der Waals surface area contributed by atoms with Gasteiger partial charge in [-0.05, 0) is 113 Å². The van der Waals surface area contributed by atoms with Crippen molar-refractivity contribution >= 4 is 23.1 Å². The van der Waals surface area contributed by atoms with Crippen LogP contribution in [0.3, 0.4) is 0 Å². The molecule has 0 spiro atoms. The Labute approximate surface area is 328 Å². The van der Waals surface area contributed by atoms with E-state index in [-0.39, 0.29) is 95.2 Å². The predicted octanol–water partition coefficient (Wildman–Crippen LogP) is 7.81. The van der Waals surface area contributed by atoms with Gasteiger partial charge in [0.15, 0.2) is 0 Å². The number of methoxy groups -OCH3 is 2. The Morgan fingerprint density at radius 2 is 1.15 bits per heavy atom. The van der Waals surface area contributed by atoms with E-state index in [0.29, 0.717) is 17.6 Å². The number of rotatable bonds is 10. The van der Waals surface area contributed by atoms with Gasteiger partial charge in [-0.15, -0.1) is 0 Å². The number of halogens is 1. The van der Waals surface area contributed by atoms with Crippen LogP contribution in [0.15, 0.2) is 71.9 Å². The summed E-state index contributed by atoms with van der Waals surface area (Å²) in [6.07, 6.45) is 10.9. The van der Waals surface area contributed by atoms with Crippen molar-refractivity contribution in [2.24, 2.45) is 11.8 Å². The zero-order valence-corrected chi connectivity index (χ0v) is 33.2. The Kier molecular flexibility index (Phi) is 15.8. The Hall–Kier alpha value is -1.90. The summed E-state index contributed by atoms with van der Waals surface area (Å²) in [4.78, 5) is 0. The molecule has 0 heterocycles. The van der Waals surface area contributed by atoms with Crippen LogP contribution in [0.4, 0.5) is 0 Å². The number of phenolic OH excluding ortho intramolecular Hbond substituents is 2. The predicted molar refractivity (Wildman–Crippen MR) is 198 cm³/mol. The third-order valence-corrected chi connectivity index (χ3v) is 8.93. The third kappa shape index (κ3) is 11.6. The van der Waals surface area contributed by atoms with E-state index < -0.39 is 13.7 Å². The first kappa shape index (κ1) is 34.9. The summed E-state index contributed by atoms with van der Waals surface area (Å²) in [7, 11) is 3.31. The maximum absolute atomic E-state index is 10.5. The molecule has 47 heavy (non-hydrogen) atoms. The molecule has 256 valence electrons. The summed E-state index contributed by atoms with van der Waals surface area (Å²) in [6.45, 7) is 11.6. The Bertz CT molecular complexity index is 1550. The van der Waals surface area contributed by atoms with Gasteiger partial charge in [0.2, 0.25) is 0 Å². The Morgan fingerprint density at radius 3 is 1.51 bits per heavy atom. The molecule has 4 rings (SSSR count). The molecule has 4 atom stereocenters. The molecule has 0 aromatic heterocycles. The summed E-state index contributed by atoms with van der Waals surface area (Å²) < 4.78 is 57.8. The van der Waals surface area contributed by atoms with Crippen molar-refractivity contribution in [1.82, 2.24) is 0 Å². The van der Waals surface area contributed by atoms with E-state index in [4.69, 9.17) is 17.7 Å². The smallest absolute Gasteiger partial charge is 1.00 e. The number of allylic oxidation sites excluding steroid dienone is 6. The van der Waals surface area contributed by atoms with Crippen LogP contribution in [0.25, 0.3) is 0 Å². The molecule has 0 aliphatic heterocycles. The SMILES string of the molecule is [2H]C([2H])([2H])C(=C)[C@@H]1CCC(C)=C[C@H]1c1c(O)cc(CCC)cc1O.[2H]C([2H])([2H])C(=C)[C@@H]1CCC(C)=C[C@H]1c1c(OC)cc(CCC)cc1OC.[CH3-].[I-].[Mg+2]. The third-order valence-electron chi connectivity index (χ3n) is 8.93. The van der Waals surface area contributed by atoms with Gasteiger partial charge < -0.3 is 51.1 Å². The average Bonchev–Trinajstić information content (AvgIpc) is 3.03. The maximum atomic E-state index is 10.5. The van der Waals surface area contributed by atoms with Crippen LogP contribution in [-0.2, 0) is 12.8 Å². The van der Waals surface area contributed by atoms with Crippen LogP contribution < -0.4 is 33.5 Å². The largest absolute Gasteiger partial charge is 2.00 e. The fourth-order valence-electron chi connectivity index (χ4n) is 6.70. The first-order chi connectivity index (χ1) is 23.4. The minimum atomic E-state index is -2.24. The van der Waals surface area contributed by atoms with Crippen molar-refractivity contribution in [2.45, 2.75) is 105 Å². The summed E-state index contributed by atoms with van der Waals surface area (Å²) in [5.41, 5.74) is 6.25. The molecule has 2 aromatic carbocycles. The summed E-state index contributed by atoms with van der Waals surface area (Å²) in [6, 6.07) is 7.44. The molecule has 2 N–H and O–H groups in total. The second-order valence-corrected chi connectivity index (χ2v) is 12.4. The van der Waals surface area contributed by atoms with E-state index in [0.717, 1.165) is 78.7 Å². The fourth-order valence-corrected chi connectivity index (χ4v) is 6.70. The number of benzene rings is 2. The van der Waals surface area contributed by atoms with Gasteiger partial charge in [-0.2, -0.15) is 0 Å². The van der Waals surface area contributed by atoms with Gasteiger partial charge in [-0.3, -0.25) is 0 Å². The number of aromatic hydroxyl groups is 2. The zero-order chi connectivity index (χ0) is 37.6. The van der Waals surface area contributed by atoms with Crippen LogP contribution in [0, 0.1) is 19.3 Å². The first-order valence-electron chi connectivity index (χ1n) is 18.9.